The number of hydrogen-bond acceptors (Lipinski definition) is 3. The van der Waals surface area contributed by atoms with Crippen molar-refractivity contribution in [1.82, 2.24) is 4.98 Å². The lowest BCUT2D eigenvalue weighted by Crippen LogP contribution is -2.13. The first-order valence-electron chi connectivity index (χ1n) is 4.63. The Morgan fingerprint density at radius 3 is 2.76 bits per heavy atom. The maximum absolute atomic E-state index is 11.4. The molecule has 0 aliphatic carbocycles. The molecule has 0 saturated carbocycles. The van der Waals surface area contributed by atoms with Gasteiger partial charge in [-0.1, -0.05) is 11.6 Å². The fourth-order valence-electron chi connectivity index (χ4n) is 1.42. The van der Waals surface area contributed by atoms with Gasteiger partial charge in [-0.05, 0) is 24.3 Å². The number of benzene rings is 1. The Bertz CT molecular complexity index is 658. The van der Waals surface area contributed by atoms with Crippen molar-refractivity contribution in [2.45, 2.75) is 0 Å². The van der Waals surface area contributed by atoms with E-state index in [0.717, 1.165) is 0 Å². The fourth-order valence-corrected chi connectivity index (χ4v) is 2.35. The minimum Gasteiger partial charge on any atom is -0.280 e. The van der Waals surface area contributed by atoms with Gasteiger partial charge in [-0.25, -0.2) is 8.42 Å². The molecule has 1 heterocycles. The minimum atomic E-state index is -3.54. The van der Waals surface area contributed by atoms with Crippen LogP contribution in [0, 0.1) is 0 Å². The zero-order chi connectivity index (χ0) is 12.5. The van der Waals surface area contributed by atoms with Crippen molar-refractivity contribution in [1.29, 1.82) is 0 Å². The number of rotatable bonds is 3. The van der Waals surface area contributed by atoms with E-state index in [0.29, 0.717) is 21.6 Å². The quantitative estimate of drug-likeness (QED) is 0.885. The van der Waals surface area contributed by atoms with Crippen molar-refractivity contribution in [2.75, 3.05) is 9.93 Å². The third-order valence-electron chi connectivity index (χ3n) is 2.13. The number of halogens is 2. The van der Waals surface area contributed by atoms with Crippen LogP contribution in [0.2, 0.25) is 5.02 Å². The third-order valence-corrected chi connectivity index (χ3v) is 4.14. The smallest absolute Gasteiger partial charge is 0.246 e. The van der Waals surface area contributed by atoms with E-state index in [4.69, 9.17) is 23.2 Å². The molecule has 0 unspecified atom stereocenters. The number of nitrogens with zero attached hydrogens (tertiary/aromatic N) is 1. The van der Waals surface area contributed by atoms with Crippen LogP contribution in [0.1, 0.15) is 0 Å². The van der Waals surface area contributed by atoms with Gasteiger partial charge in [0.15, 0.2) is 0 Å². The molecular formula is C10H8Cl2N2O2S. The van der Waals surface area contributed by atoms with Crippen molar-refractivity contribution in [3.05, 3.63) is 35.5 Å². The summed E-state index contributed by atoms with van der Waals surface area (Å²) in [6, 6.07) is 6.66. The molecule has 0 spiro atoms. The van der Waals surface area contributed by atoms with Gasteiger partial charge >= 0.3 is 0 Å². The van der Waals surface area contributed by atoms with Crippen LogP contribution in [0.3, 0.4) is 0 Å². The summed E-state index contributed by atoms with van der Waals surface area (Å²) in [4.78, 5) is 4.11. The van der Waals surface area contributed by atoms with E-state index in [-0.39, 0.29) is 0 Å². The van der Waals surface area contributed by atoms with Gasteiger partial charge in [0.05, 0.1) is 16.2 Å². The molecule has 1 aromatic carbocycles. The Labute approximate surface area is 109 Å². The summed E-state index contributed by atoms with van der Waals surface area (Å²) in [6.07, 6.45) is 1.57. The first-order chi connectivity index (χ1) is 8.03. The Balaban J connectivity index is 2.60. The summed E-state index contributed by atoms with van der Waals surface area (Å²) >= 11 is 11.3. The van der Waals surface area contributed by atoms with E-state index >= 15 is 0 Å². The predicted octanol–water partition coefficient (Wildman–Crippen LogP) is 2.83. The first-order valence-corrected chi connectivity index (χ1v) is 7.19. The summed E-state index contributed by atoms with van der Waals surface area (Å²) < 4.78 is 25.1. The molecule has 0 fully saturated rings. The van der Waals surface area contributed by atoms with E-state index in [1.807, 2.05) is 0 Å². The van der Waals surface area contributed by atoms with Crippen LogP contribution >= 0.6 is 23.2 Å². The zero-order valence-electron chi connectivity index (χ0n) is 8.52. The predicted molar refractivity (Wildman–Crippen MR) is 70.0 cm³/mol. The Morgan fingerprint density at radius 1 is 1.29 bits per heavy atom. The van der Waals surface area contributed by atoms with Gasteiger partial charge in [-0.15, -0.1) is 11.6 Å². The molecule has 7 heteroatoms. The van der Waals surface area contributed by atoms with Gasteiger partial charge < -0.3 is 0 Å². The number of anilines is 1. The fraction of sp³-hybridized carbons (Fsp3) is 0.100. The summed E-state index contributed by atoms with van der Waals surface area (Å²) in [5.41, 5.74) is 0.861. The van der Waals surface area contributed by atoms with Crippen molar-refractivity contribution >= 4 is 49.8 Å². The van der Waals surface area contributed by atoms with Gasteiger partial charge in [-0.3, -0.25) is 9.71 Å². The second kappa shape index (κ2) is 4.68. The average Bonchev–Trinajstić information content (AvgIpc) is 2.33. The largest absolute Gasteiger partial charge is 0.280 e. The first kappa shape index (κ1) is 12.4. The van der Waals surface area contributed by atoms with Crippen LogP contribution in [0.5, 0.6) is 0 Å². The number of sulfonamides is 1. The highest BCUT2D eigenvalue weighted by Gasteiger charge is 2.12. The van der Waals surface area contributed by atoms with E-state index in [2.05, 4.69) is 9.71 Å². The molecule has 0 saturated heterocycles. The van der Waals surface area contributed by atoms with E-state index < -0.39 is 15.2 Å². The molecule has 2 aromatic rings. The number of nitrogens with one attached hydrogen (secondary N) is 1. The second-order valence-electron chi connectivity index (χ2n) is 3.32. The Morgan fingerprint density at radius 2 is 2.06 bits per heavy atom. The molecule has 0 radical (unpaired) electrons. The highest BCUT2D eigenvalue weighted by Crippen LogP contribution is 2.28. The summed E-state index contributed by atoms with van der Waals surface area (Å²) in [6.45, 7) is 0. The number of pyridine rings is 1. The number of fused-ring (bicyclic) bond motifs is 1. The summed E-state index contributed by atoms with van der Waals surface area (Å²) in [5.74, 6) is 0. The molecule has 1 aromatic heterocycles. The minimum absolute atomic E-state index is 0.366. The van der Waals surface area contributed by atoms with Crippen molar-refractivity contribution in [3.8, 4) is 0 Å². The van der Waals surface area contributed by atoms with Crippen LogP contribution < -0.4 is 4.72 Å². The molecule has 0 aliphatic heterocycles. The molecule has 2 rings (SSSR count). The normalized spacial score (nSPS) is 11.6. The highest BCUT2D eigenvalue weighted by atomic mass is 35.5. The average molecular weight is 291 g/mol. The monoisotopic (exact) mass is 290 g/mol. The van der Waals surface area contributed by atoms with Crippen LogP contribution in [-0.2, 0) is 10.0 Å². The summed E-state index contributed by atoms with van der Waals surface area (Å²) in [5, 5.41) is 0.690. The van der Waals surface area contributed by atoms with Gasteiger partial charge in [0.25, 0.3) is 0 Å². The molecule has 17 heavy (non-hydrogen) atoms. The van der Waals surface area contributed by atoms with Crippen molar-refractivity contribution in [2.24, 2.45) is 0 Å². The topological polar surface area (TPSA) is 59.1 Å². The van der Waals surface area contributed by atoms with Crippen molar-refractivity contribution in [3.63, 3.8) is 0 Å². The van der Waals surface area contributed by atoms with Crippen LogP contribution in [0.4, 0.5) is 5.69 Å². The van der Waals surface area contributed by atoms with E-state index in [1.165, 1.54) is 0 Å². The van der Waals surface area contributed by atoms with Crippen LogP contribution in [0.15, 0.2) is 30.5 Å². The van der Waals surface area contributed by atoms with Crippen LogP contribution in [0.25, 0.3) is 10.9 Å². The molecule has 0 atom stereocenters. The lowest BCUT2D eigenvalue weighted by Gasteiger charge is -2.08. The second-order valence-corrected chi connectivity index (χ2v) is 6.03. The van der Waals surface area contributed by atoms with Gasteiger partial charge in [-0.2, -0.15) is 0 Å². The SMILES string of the molecule is O=S(=O)(CCl)Nc1ccc(Cl)c2cccnc12. The molecule has 0 bridgehead atoms. The molecule has 0 aliphatic rings. The van der Waals surface area contributed by atoms with Crippen LogP contribution in [-0.4, -0.2) is 18.6 Å². The molecule has 1 N–H and O–H groups in total. The highest BCUT2D eigenvalue weighted by molar-refractivity contribution is 7.93. The molecule has 4 nitrogen and oxygen atoms in total. The number of alkyl halides is 1. The van der Waals surface area contributed by atoms with E-state index in [1.54, 1.807) is 30.5 Å². The summed E-state index contributed by atoms with van der Waals surface area (Å²) in [7, 11) is -3.54. The van der Waals surface area contributed by atoms with Gasteiger partial charge in [0, 0.05) is 11.6 Å². The van der Waals surface area contributed by atoms with Gasteiger partial charge in [0.2, 0.25) is 10.0 Å². The molecular weight excluding hydrogens is 283 g/mol. The Hall–Kier alpha value is -1.04. The third kappa shape index (κ3) is 2.62. The lowest BCUT2D eigenvalue weighted by molar-refractivity contribution is 0.605. The molecule has 90 valence electrons. The lowest BCUT2D eigenvalue weighted by atomic mass is 10.2. The number of aromatic nitrogens is 1. The standard InChI is InChI=1S/C10H8Cl2N2O2S/c11-6-17(15,16)14-9-4-3-8(12)7-2-1-5-13-10(7)9/h1-5,14H,6H2. The maximum atomic E-state index is 11.4. The maximum Gasteiger partial charge on any atom is 0.246 e. The van der Waals surface area contributed by atoms with Gasteiger partial charge in [0.1, 0.15) is 5.21 Å². The zero-order valence-corrected chi connectivity index (χ0v) is 10.9. The Kier molecular flexibility index (Phi) is 3.42. The molecule has 0 amide bonds. The number of hydrogen-bond donors (Lipinski definition) is 1. The van der Waals surface area contributed by atoms with Crippen molar-refractivity contribution < 1.29 is 8.42 Å². The van der Waals surface area contributed by atoms with E-state index in [9.17, 15) is 8.42 Å².